The molecule has 0 amide bonds. The zero-order valence-corrected chi connectivity index (χ0v) is 11.7. The van der Waals surface area contributed by atoms with Crippen molar-refractivity contribution in [3.8, 4) is 0 Å². The molecule has 2 heterocycles. The van der Waals surface area contributed by atoms with Gasteiger partial charge in [0.05, 0.1) is 11.2 Å². The van der Waals surface area contributed by atoms with E-state index in [1.165, 1.54) is 23.9 Å². The van der Waals surface area contributed by atoms with Gasteiger partial charge in [-0.05, 0) is 37.6 Å². The molecule has 2 aromatic rings. The maximum atomic E-state index is 4.73. The summed E-state index contributed by atoms with van der Waals surface area (Å²) >= 11 is 3.48. The second-order valence-electron chi connectivity index (χ2n) is 4.22. The second kappa shape index (κ2) is 5.34. The van der Waals surface area contributed by atoms with Gasteiger partial charge in [0, 0.05) is 15.9 Å². The first kappa shape index (κ1) is 12.8. The van der Waals surface area contributed by atoms with Crippen LogP contribution in [0.1, 0.15) is 24.6 Å². The highest BCUT2D eigenvalue weighted by atomic mass is 79.9. The van der Waals surface area contributed by atoms with E-state index in [1.807, 2.05) is 0 Å². The molecular weight excluding hydrogens is 300 g/mol. The maximum absolute atomic E-state index is 4.73. The van der Waals surface area contributed by atoms with Gasteiger partial charge in [-0.2, -0.15) is 0 Å². The molecule has 1 aliphatic heterocycles. The highest BCUT2D eigenvalue weighted by Gasteiger charge is 2.17. The molecule has 90 valence electrons. The van der Waals surface area contributed by atoms with Crippen LogP contribution in [0.4, 0.5) is 0 Å². The molecule has 1 atom stereocenters. The van der Waals surface area contributed by atoms with E-state index in [4.69, 9.17) is 4.98 Å². The summed E-state index contributed by atoms with van der Waals surface area (Å²) in [5.74, 6) is 0. The highest BCUT2D eigenvalue weighted by Crippen LogP contribution is 2.24. The fraction of sp³-hybridized carbons (Fsp3) is 0.308. The normalized spacial score (nSPS) is 19.2. The van der Waals surface area contributed by atoms with Crippen LogP contribution >= 0.6 is 28.3 Å². The zero-order valence-electron chi connectivity index (χ0n) is 9.32. The van der Waals surface area contributed by atoms with E-state index in [1.54, 1.807) is 0 Å². The minimum absolute atomic E-state index is 0. The molecule has 0 spiro atoms. The van der Waals surface area contributed by atoms with Crippen molar-refractivity contribution < 1.29 is 0 Å². The summed E-state index contributed by atoms with van der Waals surface area (Å²) in [6.45, 7) is 1.11. The van der Waals surface area contributed by atoms with Crippen LogP contribution in [0.25, 0.3) is 10.9 Å². The topological polar surface area (TPSA) is 24.9 Å². The van der Waals surface area contributed by atoms with E-state index < -0.39 is 0 Å². The van der Waals surface area contributed by atoms with Crippen molar-refractivity contribution in [2.24, 2.45) is 0 Å². The van der Waals surface area contributed by atoms with Crippen LogP contribution in [0.5, 0.6) is 0 Å². The van der Waals surface area contributed by atoms with E-state index in [0.717, 1.165) is 16.5 Å². The number of hydrogen-bond acceptors (Lipinski definition) is 2. The Kier molecular flexibility index (Phi) is 4.02. The van der Waals surface area contributed by atoms with E-state index in [0.29, 0.717) is 6.04 Å². The van der Waals surface area contributed by atoms with Gasteiger partial charge in [-0.25, -0.2) is 0 Å². The highest BCUT2D eigenvalue weighted by molar-refractivity contribution is 9.10. The van der Waals surface area contributed by atoms with Crippen molar-refractivity contribution in [3.05, 3.63) is 40.5 Å². The Hall–Kier alpha value is -0.640. The van der Waals surface area contributed by atoms with Crippen molar-refractivity contribution in [2.75, 3.05) is 6.54 Å². The molecule has 1 unspecified atom stereocenters. The van der Waals surface area contributed by atoms with E-state index in [2.05, 4.69) is 51.6 Å². The Balaban J connectivity index is 0.00000108. The zero-order chi connectivity index (χ0) is 11.0. The third-order valence-corrected chi connectivity index (χ3v) is 3.59. The standard InChI is InChI=1S/C13H13BrN2.ClH/c14-10-5-3-9-4-6-12(16-13(9)8-10)11-2-1-7-15-11;/h3-6,8,11,15H,1-2,7H2;1H. The molecule has 1 saturated heterocycles. The van der Waals surface area contributed by atoms with Gasteiger partial charge in [-0.15, -0.1) is 12.4 Å². The lowest BCUT2D eigenvalue weighted by Gasteiger charge is -2.10. The first-order chi connectivity index (χ1) is 7.83. The monoisotopic (exact) mass is 312 g/mol. The molecule has 0 saturated carbocycles. The number of rotatable bonds is 1. The summed E-state index contributed by atoms with van der Waals surface area (Å²) in [5.41, 5.74) is 2.24. The van der Waals surface area contributed by atoms with Crippen molar-refractivity contribution >= 4 is 39.2 Å². The van der Waals surface area contributed by atoms with Crippen molar-refractivity contribution in [1.82, 2.24) is 10.3 Å². The Morgan fingerprint density at radius 3 is 2.82 bits per heavy atom. The number of nitrogens with one attached hydrogen (secondary N) is 1. The summed E-state index contributed by atoms with van der Waals surface area (Å²) in [7, 11) is 0. The van der Waals surface area contributed by atoms with E-state index >= 15 is 0 Å². The fourth-order valence-electron chi connectivity index (χ4n) is 2.24. The molecule has 2 nitrogen and oxygen atoms in total. The summed E-state index contributed by atoms with van der Waals surface area (Å²) in [6.07, 6.45) is 2.45. The number of benzene rings is 1. The third-order valence-electron chi connectivity index (χ3n) is 3.09. The quantitative estimate of drug-likeness (QED) is 0.865. The summed E-state index contributed by atoms with van der Waals surface area (Å²) < 4.78 is 1.09. The first-order valence-electron chi connectivity index (χ1n) is 5.62. The van der Waals surface area contributed by atoms with Crippen LogP contribution in [0.15, 0.2) is 34.8 Å². The molecule has 1 aliphatic rings. The summed E-state index contributed by atoms with van der Waals surface area (Å²) in [4.78, 5) is 4.73. The molecule has 17 heavy (non-hydrogen) atoms. The smallest absolute Gasteiger partial charge is 0.0717 e. The van der Waals surface area contributed by atoms with Crippen molar-refractivity contribution in [1.29, 1.82) is 0 Å². The fourth-order valence-corrected chi connectivity index (χ4v) is 2.59. The largest absolute Gasteiger partial charge is 0.309 e. The van der Waals surface area contributed by atoms with Gasteiger partial charge in [-0.1, -0.05) is 28.1 Å². The van der Waals surface area contributed by atoms with Crippen LogP contribution in [-0.2, 0) is 0 Å². The molecule has 1 aromatic heterocycles. The average Bonchev–Trinajstić information content (AvgIpc) is 2.81. The molecule has 0 radical (unpaired) electrons. The molecule has 1 N–H and O–H groups in total. The van der Waals surface area contributed by atoms with Gasteiger partial charge in [0.25, 0.3) is 0 Å². The second-order valence-corrected chi connectivity index (χ2v) is 5.14. The van der Waals surface area contributed by atoms with Crippen LogP contribution in [0.2, 0.25) is 0 Å². The van der Waals surface area contributed by atoms with E-state index in [-0.39, 0.29) is 12.4 Å². The lowest BCUT2D eigenvalue weighted by molar-refractivity contribution is 0.630. The van der Waals surface area contributed by atoms with Gasteiger partial charge >= 0.3 is 0 Å². The van der Waals surface area contributed by atoms with Crippen LogP contribution in [0.3, 0.4) is 0 Å². The SMILES string of the molecule is Brc1ccc2ccc(C3CCCN3)nc2c1.Cl. The molecule has 4 heteroatoms. The van der Waals surface area contributed by atoms with Crippen molar-refractivity contribution in [3.63, 3.8) is 0 Å². The number of aromatic nitrogens is 1. The van der Waals surface area contributed by atoms with Gasteiger partial charge in [0.2, 0.25) is 0 Å². The molecule has 3 rings (SSSR count). The minimum Gasteiger partial charge on any atom is -0.309 e. The third kappa shape index (κ3) is 2.62. The molecule has 0 aliphatic carbocycles. The molecule has 1 fully saturated rings. The minimum atomic E-state index is 0. The lowest BCUT2D eigenvalue weighted by atomic mass is 10.1. The van der Waals surface area contributed by atoms with E-state index in [9.17, 15) is 0 Å². The summed E-state index contributed by atoms with van der Waals surface area (Å²) in [6, 6.07) is 11.0. The Morgan fingerprint density at radius 1 is 1.24 bits per heavy atom. The predicted octanol–water partition coefficient (Wildman–Crippen LogP) is 3.84. The van der Waals surface area contributed by atoms with Gasteiger partial charge in [0.15, 0.2) is 0 Å². The number of pyridine rings is 1. The van der Waals surface area contributed by atoms with Crippen LogP contribution < -0.4 is 5.32 Å². The summed E-state index contributed by atoms with van der Waals surface area (Å²) in [5, 5.41) is 4.68. The Labute approximate surface area is 115 Å². The number of hydrogen-bond donors (Lipinski definition) is 1. The average molecular weight is 314 g/mol. The molecule has 1 aromatic carbocycles. The van der Waals surface area contributed by atoms with Gasteiger partial charge in [0.1, 0.15) is 0 Å². The number of nitrogens with zero attached hydrogens (tertiary/aromatic N) is 1. The lowest BCUT2D eigenvalue weighted by Crippen LogP contribution is -2.14. The van der Waals surface area contributed by atoms with Crippen molar-refractivity contribution in [2.45, 2.75) is 18.9 Å². The Bertz CT molecular complexity index is 524. The number of fused-ring (bicyclic) bond motifs is 1. The maximum Gasteiger partial charge on any atom is 0.0717 e. The van der Waals surface area contributed by atoms with Crippen LogP contribution in [0, 0.1) is 0 Å². The predicted molar refractivity (Wildman–Crippen MR) is 76.7 cm³/mol. The number of halogens is 2. The molecular formula is C13H14BrClN2. The van der Waals surface area contributed by atoms with Gasteiger partial charge in [-0.3, -0.25) is 4.98 Å². The van der Waals surface area contributed by atoms with Crippen LogP contribution in [-0.4, -0.2) is 11.5 Å². The van der Waals surface area contributed by atoms with Gasteiger partial charge < -0.3 is 5.32 Å². The molecule has 0 bridgehead atoms. The first-order valence-corrected chi connectivity index (χ1v) is 6.42. The Morgan fingerprint density at radius 2 is 2.06 bits per heavy atom.